The average molecular weight is 425 g/mol. The fourth-order valence-corrected chi connectivity index (χ4v) is 4.12. The summed E-state index contributed by atoms with van der Waals surface area (Å²) in [6, 6.07) is 17.7. The molecular formula is C28H34F2O. The van der Waals surface area contributed by atoms with Crippen molar-refractivity contribution in [2.24, 2.45) is 0 Å². The first-order valence-electron chi connectivity index (χ1n) is 11.6. The van der Waals surface area contributed by atoms with E-state index in [-0.39, 0.29) is 0 Å². The van der Waals surface area contributed by atoms with Crippen molar-refractivity contribution in [2.45, 2.75) is 70.6 Å². The largest absolute Gasteiger partial charge is 0.367 e. The quantitative estimate of drug-likeness (QED) is 0.329. The van der Waals surface area contributed by atoms with Gasteiger partial charge in [0.1, 0.15) is 11.4 Å². The van der Waals surface area contributed by atoms with Gasteiger partial charge in [0.25, 0.3) is 0 Å². The van der Waals surface area contributed by atoms with E-state index >= 15 is 8.78 Å². The first-order chi connectivity index (χ1) is 15.1. The zero-order chi connectivity index (χ0) is 22.1. The van der Waals surface area contributed by atoms with Crippen LogP contribution in [0.3, 0.4) is 0 Å². The molecular weight excluding hydrogens is 390 g/mol. The molecule has 0 bridgehead atoms. The van der Waals surface area contributed by atoms with Crippen molar-refractivity contribution in [3.63, 3.8) is 0 Å². The molecule has 0 saturated carbocycles. The third-order valence-corrected chi connectivity index (χ3v) is 6.03. The Morgan fingerprint density at radius 3 is 2.10 bits per heavy atom. The fourth-order valence-electron chi connectivity index (χ4n) is 4.12. The number of hydrogen-bond acceptors (Lipinski definition) is 1. The van der Waals surface area contributed by atoms with Crippen molar-refractivity contribution in [2.75, 3.05) is 6.61 Å². The van der Waals surface area contributed by atoms with Crippen LogP contribution in [-0.2, 0) is 4.74 Å². The van der Waals surface area contributed by atoms with E-state index in [0.717, 1.165) is 49.7 Å². The van der Waals surface area contributed by atoms with Gasteiger partial charge in [-0.2, -0.15) is 0 Å². The molecule has 0 fully saturated rings. The summed E-state index contributed by atoms with van der Waals surface area (Å²) in [5.41, 5.74) is 1.96. The number of ether oxygens (including phenoxy) is 1. The summed E-state index contributed by atoms with van der Waals surface area (Å²) < 4.78 is 36.8. The molecule has 0 spiro atoms. The Labute approximate surface area is 185 Å². The minimum atomic E-state index is -1.78. The van der Waals surface area contributed by atoms with E-state index in [2.05, 4.69) is 13.8 Å². The van der Waals surface area contributed by atoms with Gasteiger partial charge in [0, 0.05) is 12.2 Å². The van der Waals surface area contributed by atoms with Crippen LogP contribution in [0.1, 0.15) is 64.4 Å². The maximum Gasteiger partial charge on any atom is 0.184 e. The van der Waals surface area contributed by atoms with Crippen LogP contribution in [0.5, 0.6) is 0 Å². The third-order valence-electron chi connectivity index (χ3n) is 6.03. The van der Waals surface area contributed by atoms with Crippen LogP contribution in [0.2, 0.25) is 0 Å². The predicted molar refractivity (Wildman–Crippen MR) is 126 cm³/mol. The summed E-state index contributed by atoms with van der Waals surface area (Å²) in [4.78, 5) is 0. The van der Waals surface area contributed by atoms with E-state index in [4.69, 9.17) is 4.74 Å². The third kappa shape index (κ3) is 5.71. The molecule has 2 unspecified atom stereocenters. The van der Waals surface area contributed by atoms with Crippen LogP contribution in [0.25, 0.3) is 16.7 Å². The molecule has 31 heavy (non-hydrogen) atoms. The highest BCUT2D eigenvalue weighted by molar-refractivity contribution is 5.79. The predicted octanol–water partition coefficient (Wildman–Crippen LogP) is 8.47. The first kappa shape index (κ1) is 23.4. The van der Waals surface area contributed by atoms with Gasteiger partial charge < -0.3 is 4.74 Å². The molecule has 3 rings (SSSR count). The van der Waals surface area contributed by atoms with Crippen molar-refractivity contribution in [1.29, 1.82) is 0 Å². The van der Waals surface area contributed by atoms with Gasteiger partial charge in [-0.3, -0.25) is 0 Å². The Hall–Kier alpha value is -2.26. The molecule has 0 radical (unpaired) electrons. The zero-order valence-electron chi connectivity index (χ0n) is 18.7. The minimum Gasteiger partial charge on any atom is -0.367 e. The van der Waals surface area contributed by atoms with Gasteiger partial charge >= 0.3 is 0 Å². The molecule has 0 saturated heterocycles. The van der Waals surface area contributed by atoms with Gasteiger partial charge in [-0.15, -0.1) is 0 Å². The smallest absolute Gasteiger partial charge is 0.184 e. The molecule has 1 nitrogen and oxygen atoms in total. The number of rotatable bonds is 11. The Bertz CT molecular complexity index is 870. The lowest BCUT2D eigenvalue weighted by atomic mass is 9.83. The summed E-state index contributed by atoms with van der Waals surface area (Å²) in [6.45, 7) is 4.68. The van der Waals surface area contributed by atoms with Crippen molar-refractivity contribution in [3.05, 3.63) is 78.1 Å². The van der Waals surface area contributed by atoms with Crippen LogP contribution in [0.4, 0.5) is 8.78 Å². The Balaban J connectivity index is 1.80. The molecule has 166 valence electrons. The molecule has 2 atom stereocenters. The highest BCUT2D eigenvalue weighted by Gasteiger charge is 2.44. The molecule has 0 aromatic heterocycles. The van der Waals surface area contributed by atoms with Crippen molar-refractivity contribution in [3.8, 4) is 11.1 Å². The molecule has 0 aliphatic heterocycles. The monoisotopic (exact) mass is 424 g/mol. The lowest BCUT2D eigenvalue weighted by Gasteiger charge is -2.36. The first-order valence-corrected chi connectivity index (χ1v) is 11.6. The molecule has 0 heterocycles. The maximum atomic E-state index is 15.5. The van der Waals surface area contributed by atoms with Gasteiger partial charge in [0.2, 0.25) is 0 Å². The Morgan fingerprint density at radius 1 is 0.806 bits per heavy atom. The number of allylic oxidation sites excluding steroid dienone is 2. The second-order valence-electron chi connectivity index (χ2n) is 8.37. The maximum absolute atomic E-state index is 15.5. The highest BCUT2D eigenvalue weighted by atomic mass is 19.2. The number of alkyl halides is 1. The number of hydrogen-bond donors (Lipinski definition) is 0. The van der Waals surface area contributed by atoms with Crippen LogP contribution >= 0.6 is 0 Å². The molecule has 0 amide bonds. The Kier molecular flexibility index (Phi) is 8.60. The topological polar surface area (TPSA) is 9.23 Å². The van der Waals surface area contributed by atoms with E-state index in [1.165, 1.54) is 0 Å². The molecule has 2 aromatic carbocycles. The summed E-state index contributed by atoms with van der Waals surface area (Å²) in [6.07, 6.45) is 8.01. The normalized spacial score (nSPS) is 21.0. The summed E-state index contributed by atoms with van der Waals surface area (Å²) in [5, 5.41) is 0. The number of benzene rings is 2. The summed E-state index contributed by atoms with van der Waals surface area (Å²) in [5.74, 6) is -0.720. The summed E-state index contributed by atoms with van der Waals surface area (Å²) >= 11 is 0. The van der Waals surface area contributed by atoms with Gasteiger partial charge in [0.15, 0.2) is 6.17 Å². The minimum absolute atomic E-state index is 0.315. The van der Waals surface area contributed by atoms with E-state index in [1.54, 1.807) is 12.2 Å². The van der Waals surface area contributed by atoms with Crippen molar-refractivity contribution < 1.29 is 13.5 Å². The second-order valence-corrected chi connectivity index (χ2v) is 8.37. The van der Waals surface area contributed by atoms with Crippen molar-refractivity contribution >= 4 is 5.57 Å². The van der Waals surface area contributed by atoms with Crippen LogP contribution < -0.4 is 0 Å². The molecule has 3 heteroatoms. The van der Waals surface area contributed by atoms with Gasteiger partial charge in [-0.05, 0) is 35.6 Å². The van der Waals surface area contributed by atoms with E-state index in [9.17, 15) is 0 Å². The lowest BCUT2D eigenvalue weighted by molar-refractivity contribution is -0.0650. The van der Waals surface area contributed by atoms with Crippen LogP contribution in [0.15, 0.2) is 72.6 Å². The summed E-state index contributed by atoms with van der Waals surface area (Å²) in [7, 11) is 0. The van der Waals surface area contributed by atoms with Gasteiger partial charge in [-0.25, -0.2) is 8.78 Å². The van der Waals surface area contributed by atoms with Crippen molar-refractivity contribution in [1.82, 2.24) is 0 Å². The number of halogens is 2. The fraction of sp³-hybridized carbons (Fsp3) is 0.429. The molecule has 2 aromatic rings. The van der Waals surface area contributed by atoms with E-state index in [0.29, 0.717) is 24.2 Å². The van der Waals surface area contributed by atoms with E-state index < -0.39 is 17.6 Å². The van der Waals surface area contributed by atoms with Gasteiger partial charge in [0.05, 0.1) is 0 Å². The Morgan fingerprint density at radius 2 is 1.42 bits per heavy atom. The van der Waals surface area contributed by atoms with Crippen LogP contribution in [0, 0.1) is 0 Å². The van der Waals surface area contributed by atoms with E-state index in [1.807, 2.05) is 54.6 Å². The van der Waals surface area contributed by atoms with Crippen LogP contribution in [-0.4, -0.2) is 18.4 Å². The molecule has 0 N–H and O–H groups in total. The number of unbranched alkanes of at least 4 members (excludes halogenated alkanes) is 4. The second kappa shape index (κ2) is 11.4. The SMILES string of the molecule is CCCCCOC1(CCCCC)C=CC(c2ccc(-c3ccccc3)cc2)=C(F)C1F. The average Bonchev–Trinajstić information content (AvgIpc) is 2.81. The highest BCUT2D eigenvalue weighted by Crippen LogP contribution is 2.41. The lowest BCUT2D eigenvalue weighted by Crippen LogP contribution is -2.43. The molecule has 1 aliphatic rings. The standard InChI is InChI=1S/C28H34F2O/c1-3-5-10-19-28(31-21-11-6-4-2)20-18-25(26(29)27(28)30)24-16-14-23(15-17-24)22-12-8-7-9-13-22/h7-9,12-18,20,27H,3-6,10-11,19,21H2,1-2H3. The molecule has 1 aliphatic carbocycles. The zero-order valence-corrected chi connectivity index (χ0v) is 18.7. The van der Waals surface area contributed by atoms with Gasteiger partial charge in [-0.1, -0.05) is 107 Å².